The Kier molecular flexibility index (Phi) is 3.32. The van der Waals surface area contributed by atoms with Gasteiger partial charge >= 0.3 is 0 Å². The van der Waals surface area contributed by atoms with Crippen molar-refractivity contribution >= 4 is 33.1 Å². The van der Waals surface area contributed by atoms with E-state index < -0.39 is 11.6 Å². The van der Waals surface area contributed by atoms with E-state index in [-0.39, 0.29) is 0 Å². The molecule has 2 aromatic heterocycles. The smallest absolute Gasteiger partial charge is 0.161 e. The monoisotopic (exact) mass is 343 g/mol. The first-order chi connectivity index (χ1) is 11.6. The van der Waals surface area contributed by atoms with Crippen molar-refractivity contribution in [2.75, 3.05) is 17.2 Å². The van der Waals surface area contributed by atoms with Crippen molar-refractivity contribution in [3.05, 3.63) is 46.1 Å². The molecule has 3 aromatic rings. The molecule has 1 aromatic carbocycles. The number of benzene rings is 1. The number of nitriles is 1. The summed E-state index contributed by atoms with van der Waals surface area (Å²) >= 11 is 1.39. The molecule has 0 radical (unpaired) electrons. The van der Waals surface area contributed by atoms with Crippen molar-refractivity contribution in [3.8, 4) is 6.07 Å². The Hall–Kier alpha value is -2.79. The Bertz CT molecular complexity index is 1010. The molecule has 0 unspecified atom stereocenters. The third-order valence-corrected chi connectivity index (χ3v) is 5.20. The first-order valence-corrected chi connectivity index (χ1v) is 8.05. The summed E-state index contributed by atoms with van der Waals surface area (Å²) in [6.45, 7) is 1.14. The number of nitrogens with zero attached hydrogens (tertiary/aromatic N) is 4. The van der Waals surface area contributed by atoms with Crippen LogP contribution in [-0.2, 0) is 13.0 Å². The summed E-state index contributed by atoms with van der Waals surface area (Å²) in [6, 6.07) is 4.35. The minimum atomic E-state index is -0.933. The summed E-state index contributed by atoms with van der Waals surface area (Å²) in [5.74, 6) is -1.31. The zero-order valence-electron chi connectivity index (χ0n) is 12.4. The van der Waals surface area contributed by atoms with Gasteiger partial charge in [-0.25, -0.2) is 18.7 Å². The van der Waals surface area contributed by atoms with Gasteiger partial charge < -0.3 is 10.6 Å². The number of anilines is 2. The number of nitrogen functional groups attached to an aromatic ring is 1. The lowest BCUT2D eigenvalue weighted by Crippen LogP contribution is -2.30. The normalized spacial score (nSPS) is 13.8. The molecule has 4 rings (SSSR count). The lowest BCUT2D eigenvalue weighted by Gasteiger charge is -2.28. The van der Waals surface area contributed by atoms with E-state index in [4.69, 9.17) is 5.73 Å². The highest BCUT2D eigenvalue weighted by molar-refractivity contribution is 7.16. The number of fused-ring (bicyclic) bond motifs is 2. The van der Waals surface area contributed by atoms with Crippen LogP contribution < -0.4 is 10.6 Å². The van der Waals surface area contributed by atoms with Crippen molar-refractivity contribution in [2.45, 2.75) is 13.0 Å². The highest BCUT2D eigenvalue weighted by Crippen LogP contribution is 2.37. The average Bonchev–Trinajstić information content (AvgIpc) is 2.89. The van der Waals surface area contributed by atoms with Crippen LogP contribution in [0.2, 0.25) is 0 Å². The first-order valence-electron chi connectivity index (χ1n) is 7.23. The molecule has 0 saturated heterocycles. The molecule has 8 heteroatoms. The average molecular weight is 343 g/mol. The van der Waals surface area contributed by atoms with E-state index in [2.05, 4.69) is 16.0 Å². The summed E-state index contributed by atoms with van der Waals surface area (Å²) in [7, 11) is 0. The molecule has 0 spiro atoms. The van der Waals surface area contributed by atoms with Gasteiger partial charge in [0, 0.05) is 22.9 Å². The number of thiophene rings is 1. The van der Waals surface area contributed by atoms with Crippen LogP contribution in [-0.4, -0.2) is 16.5 Å². The lowest BCUT2D eigenvalue weighted by molar-refractivity contribution is 0.510. The van der Waals surface area contributed by atoms with E-state index in [9.17, 15) is 14.0 Å². The first kappa shape index (κ1) is 14.8. The SMILES string of the molecule is N#Cc1c(N)sc2c1CCN(c1ncnc3cc(F)c(F)cc13)C2. The Labute approximate surface area is 140 Å². The summed E-state index contributed by atoms with van der Waals surface area (Å²) in [5.41, 5.74) is 7.79. The third-order valence-electron chi connectivity index (χ3n) is 4.15. The topological polar surface area (TPSA) is 78.8 Å². The highest BCUT2D eigenvalue weighted by atomic mass is 32.1. The molecule has 120 valence electrons. The summed E-state index contributed by atoms with van der Waals surface area (Å²) in [4.78, 5) is 11.2. The minimum Gasteiger partial charge on any atom is -0.389 e. The molecule has 0 bridgehead atoms. The number of hydrogen-bond donors (Lipinski definition) is 1. The summed E-state index contributed by atoms with van der Waals surface area (Å²) in [6.07, 6.45) is 2.00. The predicted molar refractivity (Wildman–Crippen MR) is 87.7 cm³/mol. The van der Waals surface area contributed by atoms with E-state index in [1.807, 2.05) is 4.90 Å². The maximum Gasteiger partial charge on any atom is 0.161 e. The van der Waals surface area contributed by atoms with Crippen molar-refractivity contribution in [1.29, 1.82) is 5.26 Å². The van der Waals surface area contributed by atoms with Gasteiger partial charge in [-0.15, -0.1) is 11.3 Å². The molecular weight excluding hydrogens is 332 g/mol. The highest BCUT2D eigenvalue weighted by Gasteiger charge is 2.25. The van der Waals surface area contributed by atoms with Crippen LogP contribution in [0.5, 0.6) is 0 Å². The second-order valence-electron chi connectivity index (χ2n) is 5.51. The van der Waals surface area contributed by atoms with E-state index in [1.165, 1.54) is 17.7 Å². The van der Waals surface area contributed by atoms with Crippen LogP contribution in [0.25, 0.3) is 10.9 Å². The van der Waals surface area contributed by atoms with Gasteiger partial charge in [0.15, 0.2) is 11.6 Å². The lowest BCUT2D eigenvalue weighted by atomic mass is 10.0. The van der Waals surface area contributed by atoms with Crippen molar-refractivity contribution in [2.24, 2.45) is 0 Å². The van der Waals surface area contributed by atoms with E-state index >= 15 is 0 Å². The zero-order valence-corrected chi connectivity index (χ0v) is 13.2. The Morgan fingerprint density at radius 3 is 2.83 bits per heavy atom. The van der Waals surface area contributed by atoms with Crippen LogP contribution in [0.4, 0.5) is 19.6 Å². The van der Waals surface area contributed by atoms with Crippen LogP contribution in [0.1, 0.15) is 16.0 Å². The van der Waals surface area contributed by atoms with Crippen molar-refractivity contribution in [3.63, 3.8) is 0 Å². The molecule has 1 aliphatic rings. The van der Waals surface area contributed by atoms with Gasteiger partial charge in [-0.2, -0.15) is 5.26 Å². The van der Waals surface area contributed by atoms with Gasteiger partial charge in [-0.1, -0.05) is 0 Å². The standard InChI is InChI=1S/C16H11F2N5S/c17-11-3-9-13(4-12(11)18)21-7-22-16(9)23-2-1-8-10(5-19)15(20)24-14(8)6-23/h3-4,7H,1-2,6,20H2. The maximum atomic E-state index is 13.6. The quantitative estimate of drug-likeness (QED) is 0.735. The van der Waals surface area contributed by atoms with Gasteiger partial charge in [0.2, 0.25) is 0 Å². The molecule has 24 heavy (non-hydrogen) atoms. The van der Waals surface area contributed by atoms with Gasteiger partial charge in [0.25, 0.3) is 0 Å². The molecule has 0 atom stereocenters. The second kappa shape index (κ2) is 5.39. The number of halogens is 2. The van der Waals surface area contributed by atoms with Crippen LogP contribution >= 0.6 is 11.3 Å². The van der Waals surface area contributed by atoms with Crippen LogP contribution in [0.3, 0.4) is 0 Å². The number of nitrogens with two attached hydrogens (primary N) is 1. The fourth-order valence-corrected chi connectivity index (χ4v) is 4.10. The van der Waals surface area contributed by atoms with Gasteiger partial charge in [-0.05, 0) is 18.1 Å². The van der Waals surface area contributed by atoms with Gasteiger partial charge in [-0.3, -0.25) is 0 Å². The molecule has 0 fully saturated rings. The molecule has 0 aliphatic carbocycles. The molecule has 3 heterocycles. The van der Waals surface area contributed by atoms with Crippen molar-refractivity contribution in [1.82, 2.24) is 9.97 Å². The Morgan fingerprint density at radius 1 is 1.25 bits per heavy atom. The Morgan fingerprint density at radius 2 is 2.04 bits per heavy atom. The molecule has 0 saturated carbocycles. The number of aromatic nitrogens is 2. The molecule has 1 aliphatic heterocycles. The minimum absolute atomic E-state index is 0.355. The van der Waals surface area contributed by atoms with Gasteiger partial charge in [0.05, 0.1) is 17.6 Å². The number of hydrogen-bond acceptors (Lipinski definition) is 6. The summed E-state index contributed by atoms with van der Waals surface area (Å²) in [5, 5.41) is 10.2. The molecule has 2 N–H and O–H groups in total. The van der Waals surface area contributed by atoms with Crippen LogP contribution in [0.15, 0.2) is 18.5 Å². The fourth-order valence-electron chi connectivity index (χ4n) is 3.02. The summed E-state index contributed by atoms with van der Waals surface area (Å²) < 4.78 is 27.1. The van der Waals surface area contributed by atoms with E-state index in [0.717, 1.165) is 22.6 Å². The number of rotatable bonds is 1. The zero-order chi connectivity index (χ0) is 16.8. The molecule has 5 nitrogen and oxygen atoms in total. The predicted octanol–water partition coefficient (Wildman–Crippen LogP) is 2.99. The van der Waals surface area contributed by atoms with Crippen LogP contribution in [0, 0.1) is 23.0 Å². The maximum absolute atomic E-state index is 13.6. The fraction of sp³-hybridized carbons (Fsp3) is 0.188. The second-order valence-corrected chi connectivity index (χ2v) is 6.64. The third kappa shape index (κ3) is 2.17. The largest absolute Gasteiger partial charge is 0.389 e. The molecular formula is C16H11F2N5S. The Balaban J connectivity index is 1.79. The van der Waals surface area contributed by atoms with E-state index in [1.54, 1.807) is 0 Å². The van der Waals surface area contributed by atoms with E-state index in [0.29, 0.717) is 46.8 Å². The molecule has 0 amide bonds. The van der Waals surface area contributed by atoms with Crippen molar-refractivity contribution < 1.29 is 8.78 Å². The van der Waals surface area contributed by atoms with Gasteiger partial charge in [0.1, 0.15) is 23.2 Å².